The third-order valence-corrected chi connectivity index (χ3v) is 3.73. The van der Waals surface area contributed by atoms with Crippen molar-refractivity contribution in [1.82, 2.24) is 0 Å². The summed E-state index contributed by atoms with van der Waals surface area (Å²) in [7, 11) is 0. The Labute approximate surface area is 123 Å². The number of hydrogen-bond donors (Lipinski definition) is 1. The van der Waals surface area contributed by atoms with E-state index in [-0.39, 0.29) is 18.3 Å². The van der Waals surface area contributed by atoms with Crippen molar-refractivity contribution in [3.63, 3.8) is 0 Å². The van der Waals surface area contributed by atoms with Crippen LogP contribution in [-0.4, -0.2) is 6.04 Å². The average molecular weight is 344 g/mol. The summed E-state index contributed by atoms with van der Waals surface area (Å²) in [5, 5.41) is 0. The maximum absolute atomic E-state index is 13.5. The van der Waals surface area contributed by atoms with Crippen LogP contribution >= 0.6 is 15.9 Å². The molecule has 1 nitrogen and oxygen atoms in total. The van der Waals surface area contributed by atoms with Gasteiger partial charge in [0.2, 0.25) is 0 Å². The number of rotatable bonds is 4. The summed E-state index contributed by atoms with van der Waals surface area (Å²) in [6.07, 6.45) is 0.758. The highest BCUT2D eigenvalue weighted by Crippen LogP contribution is 2.20. The molecule has 0 heterocycles. The van der Waals surface area contributed by atoms with E-state index in [4.69, 9.17) is 5.73 Å². The standard InChI is InChI=1S/C15H13BrF3N/c16-14-7-11(17)3-1-9(14)5-13(20)6-10-2-4-12(18)8-15(10)19/h1-4,7-8,13H,5-6,20H2. The second kappa shape index (κ2) is 6.41. The predicted octanol–water partition coefficient (Wildman–Crippen LogP) is 3.98. The third kappa shape index (κ3) is 3.84. The van der Waals surface area contributed by atoms with Gasteiger partial charge in [0.15, 0.2) is 0 Å². The molecule has 106 valence electrons. The molecule has 0 aromatic heterocycles. The van der Waals surface area contributed by atoms with Gasteiger partial charge in [-0.15, -0.1) is 0 Å². The lowest BCUT2D eigenvalue weighted by molar-refractivity contribution is 0.558. The molecule has 20 heavy (non-hydrogen) atoms. The summed E-state index contributed by atoms with van der Waals surface area (Å²) in [5.41, 5.74) is 7.20. The largest absolute Gasteiger partial charge is 0.327 e. The van der Waals surface area contributed by atoms with Crippen molar-refractivity contribution >= 4 is 15.9 Å². The van der Waals surface area contributed by atoms with Crippen LogP contribution in [0, 0.1) is 17.5 Å². The van der Waals surface area contributed by atoms with Gasteiger partial charge in [0.25, 0.3) is 0 Å². The van der Waals surface area contributed by atoms with Gasteiger partial charge >= 0.3 is 0 Å². The van der Waals surface area contributed by atoms with Crippen LogP contribution in [-0.2, 0) is 12.8 Å². The molecule has 5 heteroatoms. The lowest BCUT2D eigenvalue weighted by Gasteiger charge is -2.13. The summed E-state index contributed by atoms with van der Waals surface area (Å²) < 4.78 is 39.9. The fourth-order valence-corrected chi connectivity index (χ4v) is 2.52. The molecular formula is C15H13BrF3N. The Balaban J connectivity index is 2.07. The minimum atomic E-state index is -0.610. The lowest BCUT2D eigenvalue weighted by atomic mass is 9.99. The lowest BCUT2D eigenvalue weighted by Crippen LogP contribution is -2.26. The first-order valence-corrected chi connectivity index (χ1v) is 6.88. The van der Waals surface area contributed by atoms with Gasteiger partial charge in [0, 0.05) is 16.6 Å². The number of benzene rings is 2. The van der Waals surface area contributed by atoms with Gasteiger partial charge in [0.05, 0.1) is 0 Å². The fraction of sp³-hybridized carbons (Fsp3) is 0.200. The number of hydrogen-bond acceptors (Lipinski definition) is 1. The molecule has 2 N–H and O–H groups in total. The van der Waals surface area contributed by atoms with E-state index in [2.05, 4.69) is 15.9 Å². The van der Waals surface area contributed by atoms with Gasteiger partial charge in [-0.3, -0.25) is 0 Å². The fourth-order valence-electron chi connectivity index (χ4n) is 2.01. The normalized spacial score (nSPS) is 12.4. The monoisotopic (exact) mass is 343 g/mol. The van der Waals surface area contributed by atoms with E-state index < -0.39 is 11.6 Å². The van der Waals surface area contributed by atoms with Gasteiger partial charge in [0.1, 0.15) is 17.5 Å². The molecule has 2 aromatic carbocycles. The van der Waals surface area contributed by atoms with Crippen LogP contribution in [0.15, 0.2) is 40.9 Å². The second-order valence-electron chi connectivity index (χ2n) is 4.64. The van der Waals surface area contributed by atoms with Crippen LogP contribution in [0.2, 0.25) is 0 Å². The van der Waals surface area contributed by atoms with Crippen molar-refractivity contribution in [2.24, 2.45) is 5.73 Å². The molecule has 0 amide bonds. The highest BCUT2D eigenvalue weighted by atomic mass is 79.9. The van der Waals surface area contributed by atoms with Crippen molar-refractivity contribution in [3.8, 4) is 0 Å². The van der Waals surface area contributed by atoms with Crippen molar-refractivity contribution in [1.29, 1.82) is 0 Å². The molecule has 0 radical (unpaired) electrons. The molecule has 0 saturated carbocycles. The third-order valence-electron chi connectivity index (χ3n) is 2.99. The topological polar surface area (TPSA) is 26.0 Å². The Morgan fingerprint density at radius 3 is 2.05 bits per heavy atom. The average Bonchev–Trinajstić information content (AvgIpc) is 2.36. The van der Waals surface area contributed by atoms with Crippen molar-refractivity contribution in [2.45, 2.75) is 18.9 Å². The molecule has 0 aliphatic heterocycles. The van der Waals surface area contributed by atoms with Crippen molar-refractivity contribution < 1.29 is 13.2 Å². The van der Waals surface area contributed by atoms with E-state index in [1.165, 1.54) is 24.3 Å². The summed E-state index contributed by atoms with van der Waals surface area (Å²) in [6, 6.07) is 7.46. The molecule has 0 fully saturated rings. The Hall–Kier alpha value is -1.33. The van der Waals surface area contributed by atoms with E-state index in [1.807, 2.05) is 0 Å². The summed E-state index contributed by atoms with van der Waals surface area (Å²) >= 11 is 3.27. The van der Waals surface area contributed by atoms with Crippen molar-refractivity contribution in [2.75, 3.05) is 0 Å². The Morgan fingerprint density at radius 1 is 0.900 bits per heavy atom. The molecule has 2 rings (SSSR count). The van der Waals surface area contributed by atoms with Crippen LogP contribution in [0.3, 0.4) is 0 Å². The first kappa shape index (κ1) is 15.1. The highest BCUT2D eigenvalue weighted by molar-refractivity contribution is 9.10. The first-order valence-electron chi connectivity index (χ1n) is 6.09. The summed E-state index contributed by atoms with van der Waals surface area (Å²) in [6.45, 7) is 0. The summed E-state index contributed by atoms with van der Waals surface area (Å²) in [4.78, 5) is 0. The number of halogens is 4. The van der Waals surface area contributed by atoms with Crippen molar-refractivity contribution in [3.05, 3.63) is 69.4 Å². The van der Waals surface area contributed by atoms with E-state index in [9.17, 15) is 13.2 Å². The minimum Gasteiger partial charge on any atom is -0.327 e. The highest BCUT2D eigenvalue weighted by Gasteiger charge is 2.12. The minimum absolute atomic E-state index is 0.288. The van der Waals surface area contributed by atoms with Crippen LogP contribution in [0.1, 0.15) is 11.1 Å². The molecule has 2 aromatic rings. The van der Waals surface area contributed by atoms with E-state index in [0.717, 1.165) is 11.6 Å². The molecule has 0 spiro atoms. The zero-order chi connectivity index (χ0) is 14.7. The molecule has 0 saturated heterocycles. The van der Waals surface area contributed by atoms with Crippen LogP contribution < -0.4 is 5.73 Å². The van der Waals surface area contributed by atoms with Gasteiger partial charge in [-0.2, -0.15) is 0 Å². The van der Waals surface area contributed by atoms with E-state index in [1.54, 1.807) is 6.07 Å². The SMILES string of the molecule is NC(Cc1ccc(F)cc1F)Cc1ccc(F)cc1Br. The van der Waals surface area contributed by atoms with Gasteiger partial charge in [-0.05, 0) is 42.2 Å². The van der Waals surface area contributed by atoms with Gasteiger partial charge in [-0.25, -0.2) is 13.2 Å². The zero-order valence-electron chi connectivity index (χ0n) is 10.5. The maximum atomic E-state index is 13.5. The molecule has 1 atom stereocenters. The van der Waals surface area contributed by atoms with E-state index >= 15 is 0 Å². The number of nitrogens with two attached hydrogens (primary N) is 1. The summed E-state index contributed by atoms with van der Waals surface area (Å²) in [5.74, 6) is -1.54. The quantitative estimate of drug-likeness (QED) is 0.892. The zero-order valence-corrected chi connectivity index (χ0v) is 12.1. The first-order chi connectivity index (χ1) is 9.45. The molecule has 0 aliphatic carbocycles. The smallest absolute Gasteiger partial charge is 0.129 e. The van der Waals surface area contributed by atoms with Crippen LogP contribution in [0.5, 0.6) is 0 Å². The Kier molecular flexibility index (Phi) is 4.83. The molecular weight excluding hydrogens is 331 g/mol. The van der Waals surface area contributed by atoms with Crippen LogP contribution in [0.25, 0.3) is 0 Å². The van der Waals surface area contributed by atoms with Gasteiger partial charge in [-0.1, -0.05) is 28.1 Å². The Morgan fingerprint density at radius 2 is 1.45 bits per heavy atom. The Bertz CT molecular complexity index is 563. The maximum Gasteiger partial charge on any atom is 0.129 e. The van der Waals surface area contributed by atoms with Crippen LogP contribution in [0.4, 0.5) is 13.2 Å². The molecule has 0 aliphatic rings. The molecule has 1 unspecified atom stereocenters. The molecule has 0 bridgehead atoms. The van der Waals surface area contributed by atoms with E-state index in [0.29, 0.717) is 16.5 Å². The second-order valence-corrected chi connectivity index (χ2v) is 5.49. The predicted molar refractivity (Wildman–Crippen MR) is 75.8 cm³/mol. The van der Waals surface area contributed by atoms with Gasteiger partial charge < -0.3 is 5.73 Å².